The van der Waals surface area contributed by atoms with Crippen molar-refractivity contribution < 1.29 is 0 Å². The summed E-state index contributed by atoms with van der Waals surface area (Å²) < 4.78 is 0. The largest absolute Gasteiger partial charge is 0.361 e. The number of halogens is 2. The Morgan fingerprint density at radius 3 is 1.93 bits per heavy atom. The fourth-order valence-electron chi connectivity index (χ4n) is 3.20. The van der Waals surface area contributed by atoms with Gasteiger partial charge in [-0.1, -0.05) is 47.5 Å². The van der Waals surface area contributed by atoms with Crippen LogP contribution in [0.15, 0.2) is 77.8 Å². The number of nitriles is 1. The van der Waals surface area contributed by atoms with E-state index in [0.717, 1.165) is 22.5 Å². The predicted octanol–water partition coefficient (Wildman–Crippen LogP) is 5.70. The normalized spacial score (nSPS) is 18.5. The molecule has 27 heavy (non-hydrogen) atoms. The first-order valence-electron chi connectivity index (χ1n) is 8.50. The minimum absolute atomic E-state index is 0.0270. The molecule has 0 bridgehead atoms. The molecular formula is C22H15Cl2N3. The highest BCUT2D eigenvalue weighted by atomic mass is 35.5. The Hall–Kier alpha value is -2.80. The first-order valence-corrected chi connectivity index (χ1v) is 9.25. The summed E-state index contributed by atoms with van der Waals surface area (Å²) in [5, 5.41) is 14.0. The van der Waals surface area contributed by atoms with Gasteiger partial charge in [-0.15, -0.1) is 0 Å². The first-order chi connectivity index (χ1) is 13.1. The van der Waals surface area contributed by atoms with Crippen LogP contribution in [-0.4, -0.2) is 5.84 Å². The van der Waals surface area contributed by atoms with Gasteiger partial charge in [0.1, 0.15) is 11.9 Å². The maximum Gasteiger partial charge on any atom is 0.129 e. The molecule has 0 saturated heterocycles. The van der Waals surface area contributed by atoms with E-state index in [-0.39, 0.29) is 12.1 Å². The van der Waals surface area contributed by atoms with Crippen molar-refractivity contribution in [3.63, 3.8) is 0 Å². The molecule has 3 nitrogen and oxygen atoms in total. The molecule has 0 unspecified atom stereocenters. The molecule has 0 radical (unpaired) electrons. The number of nitrogens with zero attached hydrogens (tertiary/aromatic N) is 2. The molecular weight excluding hydrogens is 377 g/mol. The van der Waals surface area contributed by atoms with Crippen molar-refractivity contribution in [1.82, 2.24) is 5.32 Å². The summed E-state index contributed by atoms with van der Waals surface area (Å²) in [6.45, 7) is 0. The van der Waals surface area contributed by atoms with Crippen LogP contribution >= 0.6 is 23.2 Å². The maximum atomic E-state index is 9.05. The Bertz CT molecular complexity index is 1020. The van der Waals surface area contributed by atoms with Crippen molar-refractivity contribution in [2.75, 3.05) is 0 Å². The monoisotopic (exact) mass is 391 g/mol. The number of hydrogen-bond donors (Lipinski definition) is 1. The second-order valence-electron chi connectivity index (χ2n) is 6.34. The molecule has 1 heterocycles. The molecule has 0 aromatic heterocycles. The number of nitrogens with one attached hydrogen (secondary N) is 1. The third-order valence-electron chi connectivity index (χ3n) is 4.60. The van der Waals surface area contributed by atoms with Gasteiger partial charge in [0, 0.05) is 15.6 Å². The molecule has 1 N–H and O–H groups in total. The summed E-state index contributed by atoms with van der Waals surface area (Å²) in [4.78, 5) is 4.94. The van der Waals surface area contributed by atoms with E-state index in [4.69, 9.17) is 33.5 Å². The van der Waals surface area contributed by atoms with E-state index in [1.165, 1.54) is 0 Å². The van der Waals surface area contributed by atoms with Crippen LogP contribution < -0.4 is 5.32 Å². The molecule has 0 saturated carbocycles. The predicted molar refractivity (Wildman–Crippen MR) is 109 cm³/mol. The molecule has 132 valence electrons. The highest BCUT2D eigenvalue weighted by Gasteiger charge is 2.31. The van der Waals surface area contributed by atoms with Gasteiger partial charge in [0.15, 0.2) is 0 Å². The zero-order valence-electron chi connectivity index (χ0n) is 14.2. The van der Waals surface area contributed by atoms with E-state index in [0.29, 0.717) is 15.6 Å². The molecule has 0 spiro atoms. The summed E-state index contributed by atoms with van der Waals surface area (Å²) in [6, 6.07) is 25.0. The van der Waals surface area contributed by atoms with Gasteiger partial charge in [0.25, 0.3) is 0 Å². The standard InChI is InChI=1S/C22H15Cl2N3/c23-18-9-5-16(6-10-18)21-20(15-3-1-14(13-25)2-4-15)26-22(27-21)17-7-11-19(24)12-8-17/h1-12,20-21H,(H,26,27)/t20-,21+/m1/s1. The van der Waals surface area contributed by atoms with Gasteiger partial charge in [0.2, 0.25) is 0 Å². The highest BCUT2D eigenvalue weighted by Crippen LogP contribution is 2.37. The Kier molecular flexibility index (Phi) is 4.85. The van der Waals surface area contributed by atoms with Crippen LogP contribution in [0.1, 0.15) is 34.3 Å². The molecule has 0 fully saturated rings. The average molecular weight is 392 g/mol. The average Bonchev–Trinajstić information content (AvgIpc) is 3.14. The van der Waals surface area contributed by atoms with Gasteiger partial charge in [-0.25, -0.2) is 0 Å². The molecule has 1 aliphatic rings. The van der Waals surface area contributed by atoms with Crippen LogP contribution in [0.4, 0.5) is 0 Å². The fourth-order valence-corrected chi connectivity index (χ4v) is 3.45. The number of aliphatic imine (C=N–C) groups is 1. The number of benzene rings is 3. The van der Waals surface area contributed by atoms with Gasteiger partial charge in [-0.3, -0.25) is 4.99 Å². The number of hydrogen-bond acceptors (Lipinski definition) is 3. The quantitative estimate of drug-likeness (QED) is 0.622. The van der Waals surface area contributed by atoms with Crippen molar-refractivity contribution in [3.8, 4) is 6.07 Å². The van der Waals surface area contributed by atoms with Crippen LogP contribution in [0.3, 0.4) is 0 Å². The second kappa shape index (κ2) is 7.44. The Morgan fingerprint density at radius 1 is 0.778 bits per heavy atom. The van der Waals surface area contributed by atoms with Crippen LogP contribution in [0, 0.1) is 11.3 Å². The molecule has 5 heteroatoms. The molecule has 4 rings (SSSR count). The van der Waals surface area contributed by atoms with E-state index >= 15 is 0 Å². The molecule has 3 aromatic carbocycles. The topological polar surface area (TPSA) is 48.2 Å². The van der Waals surface area contributed by atoms with Crippen molar-refractivity contribution >= 4 is 29.0 Å². The number of amidine groups is 1. The number of rotatable bonds is 3. The highest BCUT2D eigenvalue weighted by molar-refractivity contribution is 6.30. The van der Waals surface area contributed by atoms with E-state index in [1.54, 1.807) is 0 Å². The summed E-state index contributed by atoms with van der Waals surface area (Å²) in [6.07, 6.45) is 0. The minimum Gasteiger partial charge on any atom is -0.361 e. The smallest absolute Gasteiger partial charge is 0.129 e. The molecule has 0 aliphatic carbocycles. The third-order valence-corrected chi connectivity index (χ3v) is 5.11. The van der Waals surface area contributed by atoms with Crippen molar-refractivity contribution in [1.29, 1.82) is 5.26 Å². The van der Waals surface area contributed by atoms with Crippen LogP contribution in [0.2, 0.25) is 10.0 Å². The summed E-state index contributed by atoms with van der Waals surface area (Å²) in [7, 11) is 0. The fraction of sp³-hybridized carbons (Fsp3) is 0.0909. The third kappa shape index (κ3) is 3.68. The summed E-state index contributed by atoms with van der Waals surface area (Å²) >= 11 is 12.1. The van der Waals surface area contributed by atoms with Crippen LogP contribution in [0.5, 0.6) is 0 Å². The zero-order chi connectivity index (χ0) is 18.8. The lowest BCUT2D eigenvalue weighted by Crippen LogP contribution is -2.25. The van der Waals surface area contributed by atoms with E-state index in [2.05, 4.69) is 11.4 Å². The molecule has 3 aromatic rings. The van der Waals surface area contributed by atoms with Gasteiger partial charge >= 0.3 is 0 Å². The van der Waals surface area contributed by atoms with Crippen molar-refractivity contribution in [2.24, 2.45) is 4.99 Å². The summed E-state index contributed by atoms with van der Waals surface area (Å²) in [5.41, 5.74) is 3.76. The Labute approximate surface area is 167 Å². The molecule has 2 atom stereocenters. The SMILES string of the molecule is N#Cc1ccc([C@H]2N=C(c3ccc(Cl)cc3)N[C@H]2c2ccc(Cl)cc2)cc1. The maximum absolute atomic E-state index is 9.05. The molecule has 1 aliphatic heterocycles. The van der Waals surface area contributed by atoms with Crippen molar-refractivity contribution in [2.45, 2.75) is 12.1 Å². The Morgan fingerprint density at radius 2 is 1.33 bits per heavy atom. The zero-order valence-corrected chi connectivity index (χ0v) is 15.7. The van der Waals surface area contributed by atoms with E-state index in [1.807, 2.05) is 72.8 Å². The lowest BCUT2D eigenvalue weighted by atomic mass is 9.94. The van der Waals surface area contributed by atoms with Crippen LogP contribution in [0.25, 0.3) is 0 Å². The van der Waals surface area contributed by atoms with Gasteiger partial charge < -0.3 is 5.32 Å². The second-order valence-corrected chi connectivity index (χ2v) is 7.21. The Balaban J connectivity index is 1.74. The van der Waals surface area contributed by atoms with E-state index in [9.17, 15) is 0 Å². The summed E-state index contributed by atoms with van der Waals surface area (Å²) in [5.74, 6) is 0.820. The van der Waals surface area contributed by atoms with Gasteiger partial charge in [0.05, 0.1) is 17.7 Å². The minimum atomic E-state index is -0.107. The lowest BCUT2D eigenvalue weighted by Gasteiger charge is -2.20. The van der Waals surface area contributed by atoms with E-state index < -0.39 is 0 Å². The van der Waals surface area contributed by atoms with Crippen LogP contribution in [-0.2, 0) is 0 Å². The molecule has 0 amide bonds. The lowest BCUT2D eigenvalue weighted by molar-refractivity contribution is 0.572. The van der Waals surface area contributed by atoms with Gasteiger partial charge in [-0.2, -0.15) is 5.26 Å². The van der Waals surface area contributed by atoms with Crippen molar-refractivity contribution in [3.05, 3.63) is 105 Å². The first kappa shape index (κ1) is 17.6. The van der Waals surface area contributed by atoms with Gasteiger partial charge in [-0.05, 0) is 59.7 Å².